The summed E-state index contributed by atoms with van der Waals surface area (Å²) in [5, 5.41) is 3.11. The molecule has 2 rings (SSSR count). The standard InChI is InChI=1S/C15H19F2NO3/c1-3-18-15(10-4-5-10,14(19)20-2)9-21-13-7-6-11(16)8-12(13)17/h6-8,10,18H,3-5,9H2,1-2H3. The van der Waals surface area contributed by atoms with Crippen molar-refractivity contribution >= 4 is 5.97 Å². The second-order valence-corrected chi connectivity index (χ2v) is 5.13. The van der Waals surface area contributed by atoms with Gasteiger partial charge in [-0.1, -0.05) is 6.92 Å². The van der Waals surface area contributed by atoms with Crippen molar-refractivity contribution < 1.29 is 23.0 Å². The Labute approximate surface area is 122 Å². The van der Waals surface area contributed by atoms with E-state index >= 15 is 0 Å². The molecule has 4 nitrogen and oxygen atoms in total. The van der Waals surface area contributed by atoms with Crippen LogP contribution in [0.2, 0.25) is 0 Å². The second kappa shape index (κ2) is 6.39. The van der Waals surface area contributed by atoms with Gasteiger partial charge in [0.2, 0.25) is 0 Å². The van der Waals surface area contributed by atoms with Gasteiger partial charge in [0.15, 0.2) is 17.1 Å². The lowest BCUT2D eigenvalue weighted by atomic mass is 9.94. The summed E-state index contributed by atoms with van der Waals surface area (Å²) in [7, 11) is 1.31. The molecule has 0 heterocycles. The molecule has 1 saturated carbocycles. The van der Waals surface area contributed by atoms with Crippen molar-refractivity contribution in [3.63, 3.8) is 0 Å². The van der Waals surface area contributed by atoms with E-state index in [9.17, 15) is 13.6 Å². The fraction of sp³-hybridized carbons (Fsp3) is 0.533. The van der Waals surface area contributed by atoms with Crippen LogP contribution < -0.4 is 10.1 Å². The lowest BCUT2D eigenvalue weighted by molar-refractivity contribution is -0.151. The van der Waals surface area contributed by atoms with Gasteiger partial charge in [-0.25, -0.2) is 13.6 Å². The minimum absolute atomic E-state index is 0.0548. The highest BCUT2D eigenvalue weighted by Crippen LogP contribution is 2.41. The molecule has 0 bridgehead atoms. The Kier molecular flexibility index (Phi) is 4.77. The Bertz CT molecular complexity index is 520. The van der Waals surface area contributed by atoms with Gasteiger partial charge in [0.05, 0.1) is 7.11 Å². The number of hydrogen-bond acceptors (Lipinski definition) is 4. The van der Waals surface area contributed by atoms with Crippen molar-refractivity contribution in [3.8, 4) is 5.75 Å². The zero-order valence-corrected chi connectivity index (χ0v) is 12.1. The number of carbonyl (C=O) groups is 1. The Morgan fingerprint density at radius 2 is 2.14 bits per heavy atom. The molecule has 1 aliphatic rings. The number of benzene rings is 1. The molecule has 1 unspecified atom stereocenters. The zero-order valence-electron chi connectivity index (χ0n) is 12.1. The number of halogens is 2. The molecule has 116 valence electrons. The first kappa shape index (κ1) is 15.7. The molecule has 0 spiro atoms. The van der Waals surface area contributed by atoms with Crippen molar-refractivity contribution in [2.24, 2.45) is 5.92 Å². The van der Waals surface area contributed by atoms with E-state index in [0.717, 1.165) is 25.0 Å². The summed E-state index contributed by atoms with van der Waals surface area (Å²) in [6.07, 6.45) is 1.77. The first-order valence-corrected chi connectivity index (χ1v) is 6.94. The third-order valence-electron chi connectivity index (χ3n) is 3.67. The van der Waals surface area contributed by atoms with E-state index in [-0.39, 0.29) is 18.3 Å². The fourth-order valence-corrected chi connectivity index (χ4v) is 2.47. The molecule has 1 N–H and O–H groups in total. The summed E-state index contributed by atoms with van der Waals surface area (Å²) >= 11 is 0. The Morgan fingerprint density at radius 1 is 1.43 bits per heavy atom. The quantitative estimate of drug-likeness (QED) is 0.785. The maximum atomic E-state index is 13.6. The number of carbonyl (C=O) groups excluding carboxylic acids is 1. The van der Waals surface area contributed by atoms with Gasteiger partial charge in [0, 0.05) is 6.07 Å². The summed E-state index contributed by atoms with van der Waals surface area (Å²) in [6, 6.07) is 3.08. The van der Waals surface area contributed by atoms with Crippen LogP contribution in [0.1, 0.15) is 19.8 Å². The third-order valence-corrected chi connectivity index (χ3v) is 3.67. The topological polar surface area (TPSA) is 47.6 Å². The lowest BCUT2D eigenvalue weighted by Gasteiger charge is -2.31. The molecule has 21 heavy (non-hydrogen) atoms. The molecule has 1 atom stereocenters. The van der Waals surface area contributed by atoms with Crippen LogP contribution in [-0.2, 0) is 9.53 Å². The van der Waals surface area contributed by atoms with Crippen LogP contribution in [0.3, 0.4) is 0 Å². The molecule has 1 aliphatic carbocycles. The third kappa shape index (κ3) is 3.32. The van der Waals surface area contributed by atoms with E-state index in [2.05, 4.69) is 5.32 Å². The smallest absolute Gasteiger partial charge is 0.329 e. The highest BCUT2D eigenvalue weighted by atomic mass is 19.1. The molecule has 6 heteroatoms. The van der Waals surface area contributed by atoms with E-state index in [1.165, 1.54) is 13.2 Å². The van der Waals surface area contributed by atoms with Gasteiger partial charge in [-0.3, -0.25) is 5.32 Å². The van der Waals surface area contributed by atoms with Crippen LogP contribution in [0.15, 0.2) is 18.2 Å². The Hall–Kier alpha value is -1.69. The molecule has 0 amide bonds. The molecule has 1 aromatic carbocycles. The van der Waals surface area contributed by atoms with Crippen molar-refractivity contribution in [2.45, 2.75) is 25.3 Å². The van der Waals surface area contributed by atoms with Gasteiger partial charge in [-0.15, -0.1) is 0 Å². The van der Waals surface area contributed by atoms with Crippen LogP contribution in [0.5, 0.6) is 5.75 Å². The Balaban J connectivity index is 2.16. The number of likely N-dealkylation sites (N-methyl/N-ethyl adjacent to an activating group) is 1. The van der Waals surface area contributed by atoms with E-state index in [4.69, 9.17) is 9.47 Å². The summed E-state index contributed by atoms with van der Waals surface area (Å²) in [5.74, 6) is -1.86. The van der Waals surface area contributed by atoms with Gasteiger partial charge in [0.1, 0.15) is 12.4 Å². The summed E-state index contributed by atoms with van der Waals surface area (Å²) in [5.41, 5.74) is -0.982. The minimum Gasteiger partial charge on any atom is -0.488 e. The SMILES string of the molecule is CCNC(COc1ccc(F)cc1F)(C(=O)OC)C1CC1. The van der Waals surface area contributed by atoms with Crippen LogP contribution in [0.25, 0.3) is 0 Å². The van der Waals surface area contributed by atoms with Crippen molar-refractivity contribution in [3.05, 3.63) is 29.8 Å². The summed E-state index contributed by atoms with van der Waals surface area (Å²) in [6.45, 7) is 2.38. The number of methoxy groups -OCH3 is 1. The lowest BCUT2D eigenvalue weighted by Crippen LogP contribution is -2.58. The maximum Gasteiger partial charge on any atom is 0.329 e. The van der Waals surface area contributed by atoms with Crippen LogP contribution in [-0.4, -0.2) is 31.8 Å². The molecular weight excluding hydrogens is 280 g/mol. The van der Waals surface area contributed by atoms with Crippen LogP contribution in [0, 0.1) is 17.6 Å². The molecule has 0 radical (unpaired) electrons. The molecule has 1 aromatic rings. The number of ether oxygens (including phenoxy) is 2. The molecule has 0 aliphatic heterocycles. The average molecular weight is 299 g/mol. The normalized spacial score (nSPS) is 17.1. The molecule has 0 aromatic heterocycles. The molecule has 1 fully saturated rings. The predicted molar refractivity (Wildman–Crippen MR) is 73.0 cm³/mol. The van der Waals surface area contributed by atoms with Crippen molar-refractivity contribution in [1.82, 2.24) is 5.32 Å². The molecular formula is C15H19F2NO3. The monoisotopic (exact) mass is 299 g/mol. The van der Waals surface area contributed by atoms with Gasteiger partial charge < -0.3 is 9.47 Å². The number of hydrogen-bond donors (Lipinski definition) is 1. The zero-order chi connectivity index (χ0) is 15.5. The van der Waals surface area contributed by atoms with Gasteiger partial charge >= 0.3 is 5.97 Å². The van der Waals surface area contributed by atoms with Gasteiger partial charge in [-0.2, -0.15) is 0 Å². The van der Waals surface area contributed by atoms with Crippen LogP contribution >= 0.6 is 0 Å². The first-order chi connectivity index (χ1) is 10.0. The van der Waals surface area contributed by atoms with E-state index in [1.54, 1.807) is 0 Å². The number of nitrogens with one attached hydrogen (secondary N) is 1. The van der Waals surface area contributed by atoms with Gasteiger partial charge in [-0.05, 0) is 37.4 Å². The predicted octanol–water partition coefficient (Wildman–Crippen LogP) is 2.27. The largest absolute Gasteiger partial charge is 0.488 e. The number of esters is 1. The Morgan fingerprint density at radius 3 is 2.67 bits per heavy atom. The second-order valence-electron chi connectivity index (χ2n) is 5.13. The highest BCUT2D eigenvalue weighted by Gasteiger charge is 2.52. The minimum atomic E-state index is -0.982. The number of rotatable bonds is 7. The highest BCUT2D eigenvalue weighted by molar-refractivity contribution is 5.82. The fourth-order valence-electron chi connectivity index (χ4n) is 2.47. The van der Waals surface area contributed by atoms with Crippen LogP contribution in [0.4, 0.5) is 8.78 Å². The average Bonchev–Trinajstić information content (AvgIpc) is 3.29. The maximum absolute atomic E-state index is 13.6. The van der Waals surface area contributed by atoms with Crippen molar-refractivity contribution in [2.75, 3.05) is 20.3 Å². The van der Waals surface area contributed by atoms with Gasteiger partial charge in [0.25, 0.3) is 0 Å². The van der Waals surface area contributed by atoms with E-state index in [1.807, 2.05) is 6.92 Å². The van der Waals surface area contributed by atoms with E-state index in [0.29, 0.717) is 6.54 Å². The summed E-state index contributed by atoms with van der Waals surface area (Å²) < 4.78 is 36.8. The first-order valence-electron chi connectivity index (χ1n) is 6.94. The molecule has 0 saturated heterocycles. The van der Waals surface area contributed by atoms with Crippen molar-refractivity contribution in [1.29, 1.82) is 0 Å². The van der Waals surface area contributed by atoms with E-state index < -0.39 is 23.1 Å². The summed E-state index contributed by atoms with van der Waals surface area (Å²) in [4.78, 5) is 12.1.